The highest BCUT2D eigenvalue weighted by molar-refractivity contribution is 5.81. The number of esters is 1. The molecule has 0 aromatic heterocycles. The molecule has 2 atom stereocenters. The van der Waals surface area contributed by atoms with Crippen LogP contribution in [0.2, 0.25) is 0 Å². The molecule has 2 unspecified atom stereocenters. The lowest BCUT2D eigenvalue weighted by molar-refractivity contribution is -0.135. The summed E-state index contributed by atoms with van der Waals surface area (Å²) in [5, 5.41) is 0. The molecule has 0 N–H and O–H groups in total. The molecule has 4 nitrogen and oxygen atoms in total. The van der Waals surface area contributed by atoms with Crippen molar-refractivity contribution in [3.63, 3.8) is 0 Å². The molecule has 0 saturated carbocycles. The van der Waals surface area contributed by atoms with Gasteiger partial charge in [-0.05, 0) is 12.8 Å². The number of carbonyl (C=O) groups is 1. The third-order valence-electron chi connectivity index (χ3n) is 2.69. The smallest absolute Gasteiger partial charge is 0.331 e. The van der Waals surface area contributed by atoms with Gasteiger partial charge in [-0.1, -0.05) is 0 Å². The maximum absolute atomic E-state index is 10.9. The van der Waals surface area contributed by atoms with Gasteiger partial charge in [-0.25, -0.2) is 4.79 Å². The predicted molar refractivity (Wildman–Crippen MR) is 50.6 cm³/mol. The van der Waals surface area contributed by atoms with E-state index in [0.717, 1.165) is 25.9 Å². The third kappa shape index (κ3) is 2.07. The van der Waals surface area contributed by atoms with Crippen molar-refractivity contribution in [2.75, 3.05) is 20.2 Å². The van der Waals surface area contributed by atoms with Crippen LogP contribution in [0.5, 0.6) is 0 Å². The van der Waals surface area contributed by atoms with E-state index in [0.29, 0.717) is 12.2 Å². The summed E-state index contributed by atoms with van der Waals surface area (Å²) in [6.07, 6.45) is 6.28. The van der Waals surface area contributed by atoms with Crippen LogP contribution in [-0.4, -0.2) is 43.3 Å². The second kappa shape index (κ2) is 4.00. The van der Waals surface area contributed by atoms with E-state index in [1.54, 1.807) is 6.20 Å². The summed E-state index contributed by atoms with van der Waals surface area (Å²) < 4.78 is 10.2. The highest BCUT2D eigenvalue weighted by Crippen LogP contribution is 2.26. The van der Waals surface area contributed by atoms with Gasteiger partial charge in [-0.15, -0.1) is 0 Å². The van der Waals surface area contributed by atoms with E-state index in [1.807, 2.05) is 0 Å². The van der Waals surface area contributed by atoms with Crippen LogP contribution in [0, 0.1) is 0 Å². The molecule has 0 aromatic rings. The van der Waals surface area contributed by atoms with Crippen LogP contribution in [0.3, 0.4) is 0 Å². The molecule has 0 aliphatic carbocycles. The number of hydrogen-bond acceptors (Lipinski definition) is 4. The maximum atomic E-state index is 10.9. The molecule has 2 saturated heterocycles. The van der Waals surface area contributed by atoms with Gasteiger partial charge in [0.15, 0.2) is 0 Å². The Hall–Kier alpha value is -1.03. The second-order valence-corrected chi connectivity index (χ2v) is 3.75. The molecule has 2 aliphatic heterocycles. The summed E-state index contributed by atoms with van der Waals surface area (Å²) in [5.74, 6) is -0.302. The number of fused-ring (bicyclic) bond motifs is 2. The zero-order chi connectivity index (χ0) is 9.97. The molecule has 2 fully saturated rings. The molecular formula is C10H15NO3. The quantitative estimate of drug-likeness (QED) is 0.478. The first-order valence-corrected chi connectivity index (χ1v) is 4.93. The van der Waals surface area contributed by atoms with Crippen LogP contribution in [0.4, 0.5) is 0 Å². The van der Waals surface area contributed by atoms with E-state index >= 15 is 0 Å². The summed E-state index contributed by atoms with van der Waals surface area (Å²) in [5.41, 5.74) is 0. The summed E-state index contributed by atoms with van der Waals surface area (Å²) in [6.45, 7) is 1.79. The largest absolute Gasteiger partial charge is 0.466 e. The van der Waals surface area contributed by atoms with E-state index in [1.165, 1.54) is 13.2 Å². The summed E-state index contributed by atoms with van der Waals surface area (Å²) in [7, 11) is 1.38. The van der Waals surface area contributed by atoms with Gasteiger partial charge in [0, 0.05) is 25.4 Å². The first-order valence-electron chi connectivity index (χ1n) is 4.93. The van der Waals surface area contributed by atoms with Crippen LogP contribution in [0.15, 0.2) is 12.3 Å². The van der Waals surface area contributed by atoms with Gasteiger partial charge in [0.1, 0.15) is 0 Å². The molecule has 2 rings (SSSR count). The number of ether oxygens (including phenoxy) is 2. The van der Waals surface area contributed by atoms with Gasteiger partial charge in [-0.3, -0.25) is 0 Å². The summed E-state index contributed by atoms with van der Waals surface area (Å²) in [4.78, 5) is 13.0. The average Bonchev–Trinajstić information content (AvgIpc) is 2.54. The maximum Gasteiger partial charge on any atom is 0.331 e. The van der Waals surface area contributed by atoms with E-state index in [4.69, 9.17) is 4.74 Å². The predicted octanol–water partition coefficient (Wildman–Crippen LogP) is 0.536. The number of hydrogen-bond donors (Lipinski definition) is 0. The van der Waals surface area contributed by atoms with Crippen LogP contribution in [0.25, 0.3) is 0 Å². The van der Waals surface area contributed by atoms with Crippen LogP contribution in [0.1, 0.15) is 12.8 Å². The van der Waals surface area contributed by atoms with Crippen LogP contribution in [-0.2, 0) is 14.3 Å². The second-order valence-electron chi connectivity index (χ2n) is 3.75. The summed E-state index contributed by atoms with van der Waals surface area (Å²) in [6, 6.07) is 0. The molecule has 2 heterocycles. The van der Waals surface area contributed by atoms with Crippen molar-refractivity contribution < 1.29 is 14.3 Å². The van der Waals surface area contributed by atoms with Crippen molar-refractivity contribution in [1.82, 2.24) is 4.90 Å². The number of likely N-dealkylation sites (tertiary alicyclic amines) is 1. The van der Waals surface area contributed by atoms with Crippen molar-refractivity contribution in [2.24, 2.45) is 0 Å². The molecule has 2 bridgehead atoms. The lowest BCUT2D eigenvalue weighted by atomic mass is 10.2. The van der Waals surface area contributed by atoms with Gasteiger partial charge >= 0.3 is 5.97 Å². The van der Waals surface area contributed by atoms with Gasteiger partial charge in [0.2, 0.25) is 0 Å². The number of carbonyl (C=O) groups excluding carboxylic acids is 1. The lowest BCUT2D eigenvalue weighted by Gasteiger charge is -2.30. The van der Waals surface area contributed by atoms with Gasteiger partial charge in [-0.2, -0.15) is 0 Å². The monoisotopic (exact) mass is 197 g/mol. The minimum atomic E-state index is -0.302. The van der Waals surface area contributed by atoms with Crippen molar-refractivity contribution in [2.45, 2.75) is 25.0 Å². The third-order valence-corrected chi connectivity index (χ3v) is 2.69. The fourth-order valence-electron chi connectivity index (χ4n) is 2.00. The van der Waals surface area contributed by atoms with Crippen molar-refractivity contribution in [1.29, 1.82) is 0 Å². The zero-order valence-electron chi connectivity index (χ0n) is 8.31. The molecule has 78 valence electrons. The Morgan fingerprint density at radius 2 is 2.07 bits per heavy atom. The van der Waals surface area contributed by atoms with E-state index in [9.17, 15) is 4.79 Å². The highest BCUT2D eigenvalue weighted by atomic mass is 16.5. The number of morpholine rings is 1. The Morgan fingerprint density at radius 3 is 2.64 bits per heavy atom. The van der Waals surface area contributed by atoms with Crippen molar-refractivity contribution >= 4 is 5.97 Å². The van der Waals surface area contributed by atoms with Crippen molar-refractivity contribution in [3.8, 4) is 0 Å². The Morgan fingerprint density at radius 1 is 1.43 bits per heavy atom. The first kappa shape index (κ1) is 9.52. The average molecular weight is 197 g/mol. The van der Waals surface area contributed by atoms with Crippen LogP contribution >= 0.6 is 0 Å². The topological polar surface area (TPSA) is 38.8 Å². The molecule has 14 heavy (non-hydrogen) atoms. The van der Waals surface area contributed by atoms with Crippen LogP contribution < -0.4 is 0 Å². The molecule has 0 amide bonds. The Kier molecular flexibility index (Phi) is 2.72. The van der Waals surface area contributed by atoms with Gasteiger partial charge < -0.3 is 14.4 Å². The highest BCUT2D eigenvalue weighted by Gasteiger charge is 2.32. The van der Waals surface area contributed by atoms with E-state index in [2.05, 4.69) is 9.64 Å². The summed E-state index contributed by atoms with van der Waals surface area (Å²) >= 11 is 0. The number of rotatable bonds is 2. The molecule has 2 aliphatic rings. The lowest BCUT2D eigenvalue weighted by Crippen LogP contribution is -2.39. The number of nitrogens with zero attached hydrogens (tertiary/aromatic N) is 1. The Balaban J connectivity index is 1.87. The van der Waals surface area contributed by atoms with Gasteiger partial charge in [0.05, 0.1) is 19.3 Å². The molecule has 0 aromatic carbocycles. The minimum absolute atomic E-state index is 0.302. The van der Waals surface area contributed by atoms with Gasteiger partial charge in [0.25, 0.3) is 0 Å². The zero-order valence-corrected chi connectivity index (χ0v) is 8.31. The normalized spacial score (nSPS) is 31.1. The standard InChI is InChI=1S/C10H15NO3/c1-13-10(12)4-5-11-6-8-2-3-9(7-11)14-8/h4-5,8-9H,2-3,6-7H2,1H3/b5-4+. The minimum Gasteiger partial charge on any atom is -0.466 e. The molecule has 0 radical (unpaired) electrons. The Bertz CT molecular complexity index is 240. The fourth-order valence-corrected chi connectivity index (χ4v) is 2.00. The SMILES string of the molecule is COC(=O)/C=C/N1CC2CCC(C1)O2. The molecular weight excluding hydrogens is 182 g/mol. The molecule has 4 heteroatoms. The van der Waals surface area contributed by atoms with Crippen molar-refractivity contribution in [3.05, 3.63) is 12.3 Å². The van der Waals surface area contributed by atoms with E-state index in [-0.39, 0.29) is 5.97 Å². The Labute approximate surface area is 83.5 Å². The molecule has 0 spiro atoms. The van der Waals surface area contributed by atoms with E-state index < -0.39 is 0 Å². The number of methoxy groups -OCH3 is 1. The first-order chi connectivity index (χ1) is 6.78. The fraction of sp³-hybridized carbons (Fsp3) is 0.700.